The van der Waals surface area contributed by atoms with E-state index in [2.05, 4.69) is 17.1 Å². The van der Waals surface area contributed by atoms with Crippen LogP contribution < -0.4 is 10.2 Å². The molecule has 0 bridgehead atoms. The molecule has 1 N–H and O–H groups in total. The molecule has 0 unspecified atom stereocenters. The van der Waals surface area contributed by atoms with Gasteiger partial charge < -0.3 is 10.2 Å². The monoisotopic (exact) mass is 336 g/mol. The minimum Gasteiger partial charge on any atom is -0.375 e. The molecule has 6 heteroatoms. The number of nitrogens with one attached hydrogen (secondary N) is 1. The Bertz CT molecular complexity index is 717. The first-order valence-corrected chi connectivity index (χ1v) is 7.70. The van der Waals surface area contributed by atoms with Gasteiger partial charge in [0, 0.05) is 25.0 Å². The molecular formula is C18H19F3N2O. The van der Waals surface area contributed by atoms with Gasteiger partial charge in [-0.15, -0.1) is 0 Å². The Balaban J connectivity index is 2.08. The standard InChI is InChI=1S/C18H19F3N2O/c1-3-4-11-23(2)13-7-5-12(6-8-13)22-18(24)14-9-10-15(19)17(21)16(14)20/h5-10H,3-4,11H2,1-2H3,(H,22,24). The first-order valence-electron chi connectivity index (χ1n) is 7.70. The van der Waals surface area contributed by atoms with Gasteiger partial charge in [0.1, 0.15) is 0 Å². The summed E-state index contributed by atoms with van der Waals surface area (Å²) in [4.78, 5) is 14.1. The first-order chi connectivity index (χ1) is 11.4. The first kappa shape index (κ1) is 17.8. The van der Waals surface area contributed by atoms with Crippen molar-refractivity contribution in [3.05, 3.63) is 59.4 Å². The number of anilines is 2. The SMILES string of the molecule is CCCCN(C)c1ccc(NC(=O)c2ccc(F)c(F)c2F)cc1. The summed E-state index contributed by atoms with van der Waals surface area (Å²) in [5.41, 5.74) is 0.885. The van der Waals surface area contributed by atoms with Crippen LogP contribution >= 0.6 is 0 Å². The predicted octanol–water partition coefficient (Wildman–Crippen LogP) is 4.59. The third kappa shape index (κ3) is 4.07. The molecule has 0 aromatic heterocycles. The molecule has 0 aliphatic rings. The van der Waals surface area contributed by atoms with Crippen molar-refractivity contribution in [3.8, 4) is 0 Å². The average Bonchev–Trinajstić information content (AvgIpc) is 2.58. The van der Waals surface area contributed by atoms with Crippen LogP contribution in [0.5, 0.6) is 0 Å². The van der Waals surface area contributed by atoms with E-state index in [1.165, 1.54) is 0 Å². The van der Waals surface area contributed by atoms with Crippen LogP contribution in [0.4, 0.5) is 24.5 Å². The molecule has 0 aliphatic carbocycles. The van der Waals surface area contributed by atoms with Gasteiger partial charge in [-0.05, 0) is 42.8 Å². The normalized spacial score (nSPS) is 10.5. The topological polar surface area (TPSA) is 32.3 Å². The van der Waals surface area contributed by atoms with Crippen molar-refractivity contribution >= 4 is 17.3 Å². The van der Waals surface area contributed by atoms with Crippen molar-refractivity contribution < 1.29 is 18.0 Å². The molecule has 0 heterocycles. The van der Waals surface area contributed by atoms with Crippen molar-refractivity contribution in [1.29, 1.82) is 0 Å². The quantitative estimate of drug-likeness (QED) is 0.783. The second-order valence-electron chi connectivity index (χ2n) is 5.50. The second-order valence-corrected chi connectivity index (χ2v) is 5.50. The third-order valence-corrected chi connectivity index (χ3v) is 3.69. The summed E-state index contributed by atoms with van der Waals surface area (Å²) in [5.74, 6) is -5.32. The summed E-state index contributed by atoms with van der Waals surface area (Å²) in [7, 11) is 1.97. The maximum absolute atomic E-state index is 13.6. The van der Waals surface area contributed by atoms with Gasteiger partial charge in [0.05, 0.1) is 5.56 Å². The molecule has 0 spiro atoms. The molecule has 0 atom stereocenters. The van der Waals surface area contributed by atoms with Crippen LogP contribution in [-0.4, -0.2) is 19.5 Å². The Labute approximate surface area is 139 Å². The number of benzene rings is 2. The Hall–Kier alpha value is -2.50. The lowest BCUT2D eigenvalue weighted by molar-refractivity contribution is 0.102. The molecule has 3 nitrogen and oxygen atoms in total. The van der Waals surface area contributed by atoms with E-state index >= 15 is 0 Å². The zero-order valence-corrected chi connectivity index (χ0v) is 13.6. The molecular weight excluding hydrogens is 317 g/mol. The van der Waals surface area contributed by atoms with E-state index < -0.39 is 28.9 Å². The summed E-state index contributed by atoms with van der Waals surface area (Å²) < 4.78 is 39.7. The minimum absolute atomic E-state index is 0.441. The highest BCUT2D eigenvalue weighted by atomic mass is 19.2. The molecule has 2 aromatic carbocycles. The molecule has 128 valence electrons. The molecule has 0 aliphatic heterocycles. The van der Waals surface area contributed by atoms with Crippen molar-refractivity contribution in [2.24, 2.45) is 0 Å². The number of rotatable bonds is 6. The van der Waals surface area contributed by atoms with Crippen molar-refractivity contribution in [2.75, 3.05) is 23.8 Å². The molecule has 1 amide bonds. The molecule has 2 aromatic rings. The number of unbranched alkanes of at least 4 members (excludes halogenated alkanes) is 1. The summed E-state index contributed by atoms with van der Waals surface area (Å²) in [6, 6.07) is 8.63. The number of nitrogens with zero attached hydrogens (tertiary/aromatic N) is 1. The van der Waals surface area contributed by atoms with E-state index in [9.17, 15) is 18.0 Å². The second kappa shape index (κ2) is 7.86. The minimum atomic E-state index is -1.66. The number of carbonyl (C=O) groups excluding carboxylic acids is 1. The summed E-state index contributed by atoms with van der Waals surface area (Å²) in [6.45, 7) is 3.03. The molecule has 0 saturated carbocycles. The average molecular weight is 336 g/mol. The van der Waals surface area contributed by atoms with Gasteiger partial charge in [-0.1, -0.05) is 13.3 Å². The summed E-state index contributed by atoms with van der Waals surface area (Å²) in [6.07, 6.45) is 2.17. The van der Waals surface area contributed by atoms with E-state index in [1.54, 1.807) is 12.1 Å². The Kier molecular flexibility index (Phi) is 5.84. The zero-order chi connectivity index (χ0) is 17.7. The molecule has 24 heavy (non-hydrogen) atoms. The molecule has 0 saturated heterocycles. The lowest BCUT2D eigenvalue weighted by atomic mass is 10.1. The maximum atomic E-state index is 13.6. The molecule has 0 radical (unpaired) electrons. The third-order valence-electron chi connectivity index (χ3n) is 3.69. The van der Waals surface area contributed by atoms with Crippen LogP contribution in [0.2, 0.25) is 0 Å². The Morgan fingerprint density at radius 1 is 1.04 bits per heavy atom. The van der Waals surface area contributed by atoms with Crippen LogP contribution in [0.1, 0.15) is 30.1 Å². The highest BCUT2D eigenvalue weighted by molar-refractivity contribution is 6.04. The number of amides is 1. The van der Waals surface area contributed by atoms with Crippen LogP contribution in [-0.2, 0) is 0 Å². The molecule has 2 rings (SSSR count). The lowest BCUT2D eigenvalue weighted by Crippen LogP contribution is -2.18. The lowest BCUT2D eigenvalue weighted by Gasteiger charge is -2.19. The summed E-state index contributed by atoms with van der Waals surface area (Å²) in [5, 5.41) is 2.47. The number of hydrogen-bond donors (Lipinski definition) is 1. The van der Waals surface area contributed by atoms with Gasteiger partial charge in [-0.3, -0.25) is 4.79 Å². The predicted molar refractivity (Wildman–Crippen MR) is 88.9 cm³/mol. The van der Waals surface area contributed by atoms with Gasteiger partial charge in [-0.2, -0.15) is 0 Å². The van der Waals surface area contributed by atoms with Gasteiger partial charge in [0.25, 0.3) is 5.91 Å². The van der Waals surface area contributed by atoms with E-state index in [0.717, 1.165) is 37.2 Å². The van der Waals surface area contributed by atoms with Crippen molar-refractivity contribution in [3.63, 3.8) is 0 Å². The van der Waals surface area contributed by atoms with E-state index in [1.807, 2.05) is 19.2 Å². The molecule has 0 fully saturated rings. The highest BCUT2D eigenvalue weighted by Crippen LogP contribution is 2.20. The van der Waals surface area contributed by atoms with Crippen LogP contribution in [0.25, 0.3) is 0 Å². The van der Waals surface area contributed by atoms with Crippen LogP contribution in [0, 0.1) is 17.5 Å². The van der Waals surface area contributed by atoms with E-state index in [0.29, 0.717) is 5.69 Å². The number of hydrogen-bond acceptors (Lipinski definition) is 2. The Morgan fingerprint density at radius 3 is 2.33 bits per heavy atom. The zero-order valence-electron chi connectivity index (χ0n) is 13.6. The number of halogens is 3. The van der Waals surface area contributed by atoms with Gasteiger partial charge in [0.15, 0.2) is 17.5 Å². The Morgan fingerprint density at radius 2 is 1.71 bits per heavy atom. The summed E-state index contributed by atoms with van der Waals surface area (Å²) >= 11 is 0. The fourth-order valence-corrected chi connectivity index (χ4v) is 2.22. The van der Waals surface area contributed by atoms with Crippen molar-refractivity contribution in [1.82, 2.24) is 0 Å². The van der Waals surface area contributed by atoms with Gasteiger partial charge >= 0.3 is 0 Å². The fraction of sp³-hybridized carbons (Fsp3) is 0.278. The van der Waals surface area contributed by atoms with Gasteiger partial charge in [-0.25, -0.2) is 13.2 Å². The van der Waals surface area contributed by atoms with E-state index in [4.69, 9.17) is 0 Å². The highest BCUT2D eigenvalue weighted by Gasteiger charge is 2.18. The van der Waals surface area contributed by atoms with Gasteiger partial charge in [0.2, 0.25) is 0 Å². The van der Waals surface area contributed by atoms with E-state index in [-0.39, 0.29) is 0 Å². The van der Waals surface area contributed by atoms with Crippen LogP contribution in [0.15, 0.2) is 36.4 Å². The fourth-order valence-electron chi connectivity index (χ4n) is 2.22. The largest absolute Gasteiger partial charge is 0.375 e. The number of carbonyl (C=O) groups is 1. The van der Waals surface area contributed by atoms with Crippen LogP contribution in [0.3, 0.4) is 0 Å². The maximum Gasteiger partial charge on any atom is 0.258 e. The smallest absolute Gasteiger partial charge is 0.258 e. The van der Waals surface area contributed by atoms with Crippen molar-refractivity contribution in [2.45, 2.75) is 19.8 Å².